The zero-order valence-corrected chi connectivity index (χ0v) is 14.0. The molecule has 2 aromatic heterocycles. The van der Waals surface area contributed by atoms with Crippen LogP contribution < -0.4 is 0 Å². The molecular formula is C15H9Cl3N2S. The minimum Gasteiger partial charge on any atom is -0.215 e. The first-order valence-electron chi connectivity index (χ1n) is 6.10. The van der Waals surface area contributed by atoms with Gasteiger partial charge in [0.1, 0.15) is 10.3 Å². The van der Waals surface area contributed by atoms with Gasteiger partial charge in [0.05, 0.1) is 10.4 Å². The lowest BCUT2D eigenvalue weighted by Crippen LogP contribution is -1.93. The largest absolute Gasteiger partial charge is 0.215 e. The monoisotopic (exact) mass is 354 g/mol. The van der Waals surface area contributed by atoms with Gasteiger partial charge in [-0.25, -0.2) is 9.97 Å². The van der Waals surface area contributed by atoms with E-state index >= 15 is 0 Å². The van der Waals surface area contributed by atoms with Gasteiger partial charge < -0.3 is 0 Å². The Balaban J connectivity index is 2.12. The highest BCUT2D eigenvalue weighted by atomic mass is 35.5. The number of aromatic nitrogens is 2. The number of nitrogens with zero attached hydrogens (tertiary/aromatic N) is 2. The van der Waals surface area contributed by atoms with Gasteiger partial charge in [0.2, 0.25) is 0 Å². The number of thiophene rings is 1. The van der Waals surface area contributed by atoms with E-state index in [9.17, 15) is 0 Å². The molecule has 0 fully saturated rings. The number of halogens is 3. The summed E-state index contributed by atoms with van der Waals surface area (Å²) in [6.07, 6.45) is 0. The topological polar surface area (TPSA) is 25.8 Å². The zero-order valence-electron chi connectivity index (χ0n) is 10.9. The van der Waals surface area contributed by atoms with Crippen molar-refractivity contribution >= 4 is 46.1 Å². The lowest BCUT2D eigenvalue weighted by Gasteiger charge is -2.08. The smallest absolute Gasteiger partial charge is 0.172 e. The van der Waals surface area contributed by atoms with Gasteiger partial charge in [0, 0.05) is 9.90 Å². The van der Waals surface area contributed by atoms with Crippen LogP contribution in [0.3, 0.4) is 0 Å². The van der Waals surface area contributed by atoms with E-state index in [4.69, 9.17) is 34.8 Å². The maximum absolute atomic E-state index is 6.30. The maximum atomic E-state index is 6.30. The van der Waals surface area contributed by atoms with E-state index in [0.29, 0.717) is 26.7 Å². The molecule has 3 aromatic rings. The van der Waals surface area contributed by atoms with E-state index in [2.05, 4.69) is 9.97 Å². The van der Waals surface area contributed by atoms with Crippen LogP contribution in [0.25, 0.3) is 21.8 Å². The van der Waals surface area contributed by atoms with E-state index < -0.39 is 0 Å². The number of benzene rings is 1. The molecule has 1 aromatic carbocycles. The summed E-state index contributed by atoms with van der Waals surface area (Å²) in [7, 11) is 0. The van der Waals surface area contributed by atoms with E-state index in [1.54, 1.807) is 23.5 Å². The fourth-order valence-corrected chi connectivity index (χ4v) is 3.55. The number of hydrogen-bond acceptors (Lipinski definition) is 3. The summed E-state index contributed by atoms with van der Waals surface area (Å²) in [5.74, 6) is 0.536. The second-order valence-electron chi connectivity index (χ2n) is 4.42. The first-order chi connectivity index (χ1) is 10.0. The van der Waals surface area contributed by atoms with Crippen molar-refractivity contribution in [2.75, 3.05) is 0 Å². The molecule has 0 aliphatic heterocycles. The van der Waals surface area contributed by atoms with Gasteiger partial charge in [-0.1, -0.05) is 46.9 Å². The van der Waals surface area contributed by atoms with Crippen molar-refractivity contribution in [2.24, 2.45) is 0 Å². The Morgan fingerprint density at radius 1 is 0.952 bits per heavy atom. The maximum Gasteiger partial charge on any atom is 0.172 e. The van der Waals surface area contributed by atoms with Gasteiger partial charge in [0.25, 0.3) is 0 Å². The normalized spacial score (nSPS) is 10.9. The van der Waals surface area contributed by atoms with Crippen LogP contribution in [-0.4, -0.2) is 9.97 Å². The molecule has 2 nitrogen and oxygen atoms in total. The number of aryl methyl sites for hydroxylation is 1. The molecule has 0 unspecified atom stereocenters. The predicted octanol–water partition coefficient (Wildman–Crippen LogP) is 6.14. The molecule has 3 rings (SSSR count). The molecule has 2 heterocycles. The molecule has 0 aliphatic carbocycles. The van der Waals surface area contributed by atoms with Crippen LogP contribution in [0.4, 0.5) is 0 Å². The Kier molecular flexibility index (Phi) is 4.18. The van der Waals surface area contributed by atoms with Gasteiger partial charge in [-0.2, -0.15) is 0 Å². The molecule has 6 heteroatoms. The van der Waals surface area contributed by atoms with Crippen LogP contribution in [0, 0.1) is 6.92 Å². The molecular weight excluding hydrogens is 347 g/mol. The third-order valence-electron chi connectivity index (χ3n) is 2.89. The minimum absolute atomic E-state index is 0.318. The summed E-state index contributed by atoms with van der Waals surface area (Å²) >= 11 is 20.2. The summed E-state index contributed by atoms with van der Waals surface area (Å²) in [4.78, 5) is 10.8. The SMILES string of the molecule is Cc1ccc(-c2nc(Cl)c(-c3cccc(Cl)c3)c(Cl)n2)s1. The third kappa shape index (κ3) is 3.06. The van der Waals surface area contributed by atoms with Crippen molar-refractivity contribution in [2.45, 2.75) is 6.92 Å². The first-order valence-corrected chi connectivity index (χ1v) is 8.05. The molecule has 0 aliphatic rings. The summed E-state index contributed by atoms with van der Waals surface area (Å²) in [5, 5.41) is 1.24. The standard InChI is InChI=1S/C15H9Cl3N2S/c1-8-5-6-11(21-8)15-19-13(17)12(14(18)20-15)9-3-2-4-10(16)7-9/h2-7H,1H3. The van der Waals surface area contributed by atoms with Gasteiger partial charge in [-0.05, 0) is 36.8 Å². The Morgan fingerprint density at radius 3 is 2.24 bits per heavy atom. The average molecular weight is 356 g/mol. The lowest BCUT2D eigenvalue weighted by atomic mass is 10.1. The van der Waals surface area contributed by atoms with Crippen LogP contribution in [0.2, 0.25) is 15.3 Å². The van der Waals surface area contributed by atoms with Crippen molar-refractivity contribution in [1.29, 1.82) is 0 Å². The van der Waals surface area contributed by atoms with E-state index in [0.717, 1.165) is 10.4 Å². The van der Waals surface area contributed by atoms with Crippen molar-refractivity contribution in [3.05, 3.63) is 56.6 Å². The minimum atomic E-state index is 0.318. The summed E-state index contributed by atoms with van der Waals surface area (Å²) < 4.78 is 0. The van der Waals surface area contributed by atoms with Gasteiger partial charge in [-0.3, -0.25) is 0 Å². The van der Waals surface area contributed by atoms with Gasteiger partial charge >= 0.3 is 0 Å². The Bertz CT molecular complexity index is 791. The Hall–Kier alpha value is -1.13. The van der Waals surface area contributed by atoms with Crippen molar-refractivity contribution < 1.29 is 0 Å². The molecule has 0 N–H and O–H groups in total. The predicted molar refractivity (Wildman–Crippen MR) is 90.5 cm³/mol. The molecule has 106 valence electrons. The molecule has 21 heavy (non-hydrogen) atoms. The van der Waals surface area contributed by atoms with Crippen LogP contribution in [0.15, 0.2) is 36.4 Å². The van der Waals surface area contributed by atoms with Crippen LogP contribution in [0.1, 0.15) is 4.88 Å². The van der Waals surface area contributed by atoms with Crippen molar-refractivity contribution in [1.82, 2.24) is 9.97 Å². The highest BCUT2D eigenvalue weighted by Crippen LogP contribution is 2.36. The van der Waals surface area contributed by atoms with Crippen LogP contribution in [-0.2, 0) is 0 Å². The zero-order chi connectivity index (χ0) is 15.0. The average Bonchev–Trinajstić information content (AvgIpc) is 2.85. The summed E-state index contributed by atoms with van der Waals surface area (Å²) in [5.41, 5.74) is 1.39. The molecule has 0 amide bonds. The Labute approximate surface area is 141 Å². The second-order valence-corrected chi connectivity index (χ2v) is 6.86. The Morgan fingerprint density at radius 2 is 1.67 bits per heavy atom. The fraction of sp³-hybridized carbons (Fsp3) is 0.0667. The molecule has 0 saturated carbocycles. The highest BCUT2D eigenvalue weighted by Gasteiger charge is 2.15. The molecule has 0 spiro atoms. The fourth-order valence-electron chi connectivity index (χ4n) is 1.95. The van der Waals surface area contributed by atoms with Gasteiger partial charge in [0.15, 0.2) is 5.82 Å². The molecule has 0 saturated heterocycles. The van der Waals surface area contributed by atoms with Crippen molar-refractivity contribution in [3.8, 4) is 21.8 Å². The quantitative estimate of drug-likeness (QED) is 0.516. The van der Waals surface area contributed by atoms with Gasteiger partial charge in [-0.15, -0.1) is 11.3 Å². The molecule has 0 radical (unpaired) electrons. The molecule has 0 bridgehead atoms. The van der Waals surface area contributed by atoms with E-state index in [1.807, 2.05) is 31.2 Å². The second kappa shape index (κ2) is 5.93. The van der Waals surface area contributed by atoms with E-state index in [1.165, 1.54) is 4.88 Å². The number of rotatable bonds is 2. The van der Waals surface area contributed by atoms with E-state index in [-0.39, 0.29) is 0 Å². The van der Waals surface area contributed by atoms with Crippen molar-refractivity contribution in [3.63, 3.8) is 0 Å². The summed E-state index contributed by atoms with van der Waals surface area (Å²) in [6.45, 7) is 2.03. The lowest BCUT2D eigenvalue weighted by molar-refractivity contribution is 1.19. The highest BCUT2D eigenvalue weighted by molar-refractivity contribution is 7.15. The third-order valence-corrected chi connectivity index (χ3v) is 4.67. The van der Waals surface area contributed by atoms with Crippen LogP contribution >= 0.6 is 46.1 Å². The van der Waals surface area contributed by atoms with Crippen LogP contribution in [0.5, 0.6) is 0 Å². The summed E-state index contributed by atoms with van der Waals surface area (Å²) in [6, 6.07) is 11.2. The number of hydrogen-bond donors (Lipinski definition) is 0. The first kappa shape index (κ1) is 14.8. The molecule has 0 atom stereocenters.